The number of anilines is 1. The van der Waals surface area contributed by atoms with Crippen LogP contribution in [0.15, 0.2) is 36.4 Å². The van der Waals surface area contributed by atoms with Crippen LogP contribution in [0.25, 0.3) is 16.7 Å². The maximum absolute atomic E-state index is 9.28. The second kappa shape index (κ2) is 5.00. The number of nitrogens with two attached hydrogens (primary N) is 1. The molecule has 0 fully saturated rings. The van der Waals surface area contributed by atoms with Crippen molar-refractivity contribution in [3.8, 4) is 17.5 Å². The van der Waals surface area contributed by atoms with E-state index in [-0.39, 0.29) is 5.95 Å². The molecule has 0 radical (unpaired) electrons. The number of nitrogens with zero attached hydrogens (tertiary/aromatic N) is 3. The second-order valence-corrected chi connectivity index (χ2v) is 4.87. The quantitative estimate of drug-likeness (QED) is 0.788. The van der Waals surface area contributed by atoms with Crippen LogP contribution in [0.3, 0.4) is 0 Å². The first-order valence-electron chi connectivity index (χ1n) is 6.16. The molecule has 2 N–H and O–H groups in total. The number of hydrogen-bond acceptors (Lipinski definition) is 4. The van der Waals surface area contributed by atoms with Gasteiger partial charge < -0.3 is 10.5 Å². The molecule has 0 aliphatic heterocycles. The van der Waals surface area contributed by atoms with E-state index >= 15 is 0 Å². The third-order valence-corrected chi connectivity index (χ3v) is 3.44. The molecule has 1 aromatic heterocycles. The maximum Gasteiger partial charge on any atom is 0.205 e. The van der Waals surface area contributed by atoms with Crippen molar-refractivity contribution in [1.29, 1.82) is 5.26 Å². The zero-order valence-corrected chi connectivity index (χ0v) is 11.9. The summed E-state index contributed by atoms with van der Waals surface area (Å²) >= 11 is 6.04. The van der Waals surface area contributed by atoms with Crippen molar-refractivity contribution in [2.45, 2.75) is 0 Å². The normalized spacial score (nSPS) is 10.5. The van der Waals surface area contributed by atoms with Gasteiger partial charge in [-0.1, -0.05) is 11.6 Å². The Hall–Kier alpha value is -2.71. The summed E-state index contributed by atoms with van der Waals surface area (Å²) in [5.41, 5.74) is 8.55. The van der Waals surface area contributed by atoms with E-state index in [1.54, 1.807) is 29.9 Å². The maximum atomic E-state index is 9.28. The number of fused-ring (bicyclic) bond motifs is 1. The average Bonchev–Trinajstić information content (AvgIpc) is 2.81. The molecule has 3 rings (SSSR count). The van der Waals surface area contributed by atoms with Crippen LogP contribution < -0.4 is 10.5 Å². The number of hydrogen-bond donors (Lipinski definition) is 1. The van der Waals surface area contributed by atoms with Gasteiger partial charge in [0.2, 0.25) is 5.95 Å². The first-order valence-corrected chi connectivity index (χ1v) is 6.54. The van der Waals surface area contributed by atoms with Crippen molar-refractivity contribution < 1.29 is 4.74 Å². The molecule has 0 aliphatic carbocycles. The lowest BCUT2D eigenvalue weighted by Gasteiger charge is -2.09. The van der Waals surface area contributed by atoms with Gasteiger partial charge in [-0.05, 0) is 30.3 Å². The largest absolute Gasteiger partial charge is 0.497 e. The molecule has 0 saturated carbocycles. The Labute approximate surface area is 126 Å². The zero-order chi connectivity index (χ0) is 15.0. The molecule has 0 spiro atoms. The topological polar surface area (TPSA) is 76.9 Å². The minimum atomic E-state index is 0.289. The van der Waals surface area contributed by atoms with Gasteiger partial charge in [0.15, 0.2) is 0 Å². The van der Waals surface area contributed by atoms with E-state index in [4.69, 9.17) is 22.1 Å². The predicted molar refractivity (Wildman–Crippen MR) is 81.8 cm³/mol. The van der Waals surface area contributed by atoms with Crippen LogP contribution >= 0.6 is 11.6 Å². The molecule has 2 aromatic carbocycles. The lowest BCUT2D eigenvalue weighted by molar-refractivity contribution is 0.415. The summed E-state index contributed by atoms with van der Waals surface area (Å²) in [6, 6.07) is 12.6. The van der Waals surface area contributed by atoms with Crippen LogP contribution in [-0.4, -0.2) is 16.7 Å². The third kappa shape index (κ3) is 2.16. The fourth-order valence-electron chi connectivity index (χ4n) is 2.24. The predicted octanol–water partition coefficient (Wildman–Crippen LogP) is 3.14. The molecule has 0 saturated heterocycles. The number of methoxy groups -OCH3 is 1. The van der Waals surface area contributed by atoms with Gasteiger partial charge in [-0.25, -0.2) is 4.98 Å². The van der Waals surface area contributed by atoms with Gasteiger partial charge in [-0.3, -0.25) is 4.57 Å². The Morgan fingerprint density at radius 3 is 2.81 bits per heavy atom. The van der Waals surface area contributed by atoms with Gasteiger partial charge in [-0.2, -0.15) is 5.26 Å². The van der Waals surface area contributed by atoms with Gasteiger partial charge in [-0.15, -0.1) is 0 Å². The molecular weight excluding hydrogens is 288 g/mol. The molecular formula is C15H11ClN4O. The lowest BCUT2D eigenvalue weighted by Crippen LogP contribution is -2.03. The molecule has 0 bridgehead atoms. The van der Waals surface area contributed by atoms with Gasteiger partial charge in [0, 0.05) is 11.1 Å². The molecule has 6 heteroatoms. The van der Waals surface area contributed by atoms with Crippen molar-refractivity contribution in [2.24, 2.45) is 0 Å². The Bertz CT molecular complexity index is 879. The third-order valence-electron chi connectivity index (χ3n) is 3.21. The van der Waals surface area contributed by atoms with Crippen molar-refractivity contribution in [1.82, 2.24) is 9.55 Å². The van der Waals surface area contributed by atoms with Gasteiger partial charge >= 0.3 is 0 Å². The number of nitriles is 1. The smallest absolute Gasteiger partial charge is 0.205 e. The number of halogens is 1. The molecule has 104 valence electrons. The van der Waals surface area contributed by atoms with Crippen molar-refractivity contribution in [3.05, 3.63) is 47.0 Å². The number of nitrogen functional groups attached to an aromatic ring is 1. The molecule has 21 heavy (non-hydrogen) atoms. The summed E-state index contributed by atoms with van der Waals surface area (Å²) in [5, 5.41) is 9.80. The van der Waals surface area contributed by atoms with Crippen molar-refractivity contribution in [3.63, 3.8) is 0 Å². The SMILES string of the molecule is COc1ccc2nc(N)n(-c3cc(Cl)ccc3C#N)c2c1. The van der Waals surface area contributed by atoms with Crippen LogP contribution in [0.5, 0.6) is 5.75 Å². The molecule has 0 atom stereocenters. The highest BCUT2D eigenvalue weighted by molar-refractivity contribution is 6.30. The Balaban J connectivity index is 2.37. The lowest BCUT2D eigenvalue weighted by atomic mass is 10.2. The van der Waals surface area contributed by atoms with E-state index < -0.39 is 0 Å². The van der Waals surface area contributed by atoms with Crippen LogP contribution in [0.2, 0.25) is 5.02 Å². The minimum Gasteiger partial charge on any atom is -0.497 e. The van der Waals surface area contributed by atoms with Crippen LogP contribution in [0, 0.1) is 11.3 Å². The molecule has 0 amide bonds. The van der Waals surface area contributed by atoms with Crippen molar-refractivity contribution in [2.75, 3.05) is 12.8 Å². The minimum absolute atomic E-state index is 0.289. The van der Waals surface area contributed by atoms with E-state index in [1.807, 2.05) is 18.2 Å². The first kappa shape index (κ1) is 13.3. The summed E-state index contributed by atoms with van der Waals surface area (Å²) in [7, 11) is 1.59. The summed E-state index contributed by atoms with van der Waals surface area (Å²) in [6.07, 6.45) is 0. The molecule has 5 nitrogen and oxygen atoms in total. The van der Waals surface area contributed by atoms with E-state index in [1.165, 1.54) is 0 Å². The molecule has 3 aromatic rings. The highest BCUT2D eigenvalue weighted by Crippen LogP contribution is 2.29. The zero-order valence-electron chi connectivity index (χ0n) is 11.2. The highest BCUT2D eigenvalue weighted by atomic mass is 35.5. The van der Waals surface area contributed by atoms with Gasteiger partial charge in [0.05, 0.1) is 29.4 Å². The summed E-state index contributed by atoms with van der Waals surface area (Å²) < 4.78 is 6.93. The summed E-state index contributed by atoms with van der Waals surface area (Å²) in [4.78, 5) is 4.30. The number of rotatable bonds is 2. The second-order valence-electron chi connectivity index (χ2n) is 4.43. The van der Waals surface area contributed by atoms with E-state index in [0.29, 0.717) is 22.0 Å². The Morgan fingerprint density at radius 2 is 2.10 bits per heavy atom. The molecule has 0 aliphatic rings. The summed E-state index contributed by atoms with van der Waals surface area (Å²) in [5.74, 6) is 0.973. The fourth-order valence-corrected chi connectivity index (χ4v) is 2.40. The van der Waals surface area contributed by atoms with E-state index in [2.05, 4.69) is 11.1 Å². The van der Waals surface area contributed by atoms with Gasteiger partial charge in [0.1, 0.15) is 11.8 Å². The summed E-state index contributed by atoms with van der Waals surface area (Å²) in [6.45, 7) is 0. The molecule has 1 heterocycles. The number of benzene rings is 2. The highest BCUT2D eigenvalue weighted by Gasteiger charge is 2.14. The average molecular weight is 299 g/mol. The monoisotopic (exact) mass is 298 g/mol. The molecule has 0 unspecified atom stereocenters. The Kier molecular flexibility index (Phi) is 3.16. The van der Waals surface area contributed by atoms with E-state index in [9.17, 15) is 5.26 Å². The van der Waals surface area contributed by atoms with E-state index in [0.717, 1.165) is 11.0 Å². The Morgan fingerprint density at radius 1 is 1.29 bits per heavy atom. The first-order chi connectivity index (χ1) is 10.1. The standard InChI is InChI=1S/C15H11ClN4O/c1-21-11-4-5-12-14(7-11)20(15(18)19-12)13-6-10(16)3-2-9(13)8-17/h2-7H,1H3,(H2,18,19). The number of ether oxygens (including phenoxy) is 1. The number of aromatic nitrogens is 2. The number of imidazole rings is 1. The van der Waals surface area contributed by atoms with Crippen molar-refractivity contribution >= 4 is 28.6 Å². The van der Waals surface area contributed by atoms with Crippen LogP contribution in [-0.2, 0) is 0 Å². The van der Waals surface area contributed by atoms with Crippen LogP contribution in [0.1, 0.15) is 5.56 Å². The van der Waals surface area contributed by atoms with Gasteiger partial charge in [0.25, 0.3) is 0 Å². The van der Waals surface area contributed by atoms with Crippen LogP contribution in [0.4, 0.5) is 5.95 Å². The fraction of sp³-hybridized carbons (Fsp3) is 0.0667.